The first-order valence-electron chi connectivity index (χ1n) is 8.06. The largest absolute Gasteiger partial charge is 0.492 e. The number of hydrogen-bond donors (Lipinski definition) is 3. The van der Waals surface area contributed by atoms with E-state index in [1.807, 2.05) is 29.6 Å². The average molecular weight is 368 g/mol. The first-order valence-corrected chi connectivity index (χ1v) is 8.94. The third-order valence-corrected chi connectivity index (χ3v) is 4.99. The second-order valence-electron chi connectivity index (χ2n) is 6.01. The number of primary amides is 1. The molecule has 1 atom stereocenters. The summed E-state index contributed by atoms with van der Waals surface area (Å²) in [6, 6.07) is 9.37. The molecule has 4 N–H and O–H groups in total. The van der Waals surface area contributed by atoms with Gasteiger partial charge in [-0.1, -0.05) is 18.2 Å². The van der Waals surface area contributed by atoms with E-state index in [2.05, 4.69) is 15.3 Å². The second-order valence-corrected chi connectivity index (χ2v) is 6.87. The zero-order valence-electron chi connectivity index (χ0n) is 13.7. The van der Waals surface area contributed by atoms with Crippen LogP contribution in [0.1, 0.15) is 16.1 Å². The maximum Gasteiger partial charge on any atom is 0.265 e. The van der Waals surface area contributed by atoms with Crippen LogP contribution >= 0.6 is 11.3 Å². The fourth-order valence-electron chi connectivity index (χ4n) is 2.85. The van der Waals surface area contributed by atoms with Gasteiger partial charge >= 0.3 is 0 Å². The fourth-order valence-corrected chi connectivity index (χ4v) is 3.57. The van der Waals surface area contributed by atoms with E-state index in [4.69, 9.17) is 10.5 Å². The van der Waals surface area contributed by atoms with E-state index < -0.39 is 5.91 Å². The van der Waals surface area contributed by atoms with Gasteiger partial charge in [-0.05, 0) is 24.1 Å². The number of nitrogens with zero attached hydrogens (tertiary/aromatic N) is 1. The van der Waals surface area contributed by atoms with E-state index >= 15 is 0 Å². The van der Waals surface area contributed by atoms with Gasteiger partial charge in [0, 0.05) is 17.1 Å². The summed E-state index contributed by atoms with van der Waals surface area (Å²) < 4.78 is 5.67. The van der Waals surface area contributed by atoms with E-state index in [0.717, 1.165) is 16.9 Å². The topological polar surface area (TPSA) is 110 Å². The lowest BCUT2D eigenvalue weighted by Gasteiger charge is -2.24. The standard InChI is InChI=1S/C18H16N4O3S/c19-16(23)13-6-11(7-20-13)14-9-26-18(21-14)22-17(24)12-5-10-3-1-2-4-15(10)25-8-12/h1-4,6-7,9,12,20H,5,8H2,(H2,19,23)(H,21,22,24)/t12-/m1/s1. The zero-order chi connectivity index (χ0) is 18.1. The molecule has 0 saturated carbocycles. The van der Waals surface area contributed by atoms with E-state index in [-0.39, 0.29) is 11.8 Å². The molecule has 26 heavy (non-hydrogen) atoms. The molecular weight excluding hydrogens is 352 g/mol. The van der Waals surface area contributed by atoms with Crippen LogP contribution in [0.15, 0.2) is 41.9 Å². The molecule has 4 rings (SSSR count). The quantitative estimate of drug-likeness (QED) is 0.657. The molecule has 1 aromatic carbocycles. The number of amides is 2. The van der Waals surface area contributed by atoms with Gasteiger partial charge in [0.25, 0.3) is 5.91 Å². The number of benzene rings is 1. The number of ether oxygens (including phenoxy) is 1. The van der Waals surface area contributed by atoms with Crippen molar-refractivity contribution in [3.05, 3.63) is 53.2 Å². The summed E-state index contributed by atoms with van der Waals surface area (Å²) in [5, 5.41) is 5.17. The van der Waals surface area contributed by atoms with Crippen LogP contribution in [0.3, 0.4) is 0 Å². The van der Waals surface area contributed by atoms with Crippen molar-refractivity contribution in [2.24, 2.45) is 11.7 Å². The Morgan fingerprint density at radius 2 is 2.19 bits per heavy atom. The molecule has 1 aliphatic heterocycles. The Morgan fingerprint density at radius 1 is 1.35 bits per heavy atom. The van der Waals surface area contributed by atoms with Gasteiger partial charge in [-0.3, -0.25) is 9.59 Å². The summed E-state index contributed by atoms with van der Waals surface area (Å²) in [4.78, 5) is 30.9. The van der Waals surface area contributed by atoms with Crippen molar-refractivity contribution in [2.45, 2.75) is 6.42 Å². The lowest BCUT2D eigenvalue weighted by molar-refractivity contribution is -0.121. The summed E-state index contributed by atoms with van der Waals surface area (Å²) in [7, 11) is 0. The molecule has 0 bridgehead atoms. The van der Waals surface area contributed by atoms with Crippen molar-refractivity contribution in [2.75, 3.05) is 11.9 Å². The van der Waals surface area contributed by atoms with Crippen LogP contribution in [0.2, 0.25) is 0 Å². The van der Waals surface area contributed by atoms with Crippen molar-refractivity contribution in [3.63, 3.8) is 0 Å². The van der Waals surface area contributed by atoms with Gasteiger partial charge in [0.1, 0.15) is 18.1 Å². The Kier molecular flexibility index (Phi) is 4.18. The van der Waals surface area contributed by atoms with Crippen molar-refractivity contribution in [3.8, 4) is 17.0 Å². The summed E-state index contributed by atoms with van der Waals surface area (Å²) in [6.45, 7) is 0.348. The molecule has 0 unspecified atom stereocenters. The van der Waals surface area contributed by atoms with Gasteiger partial charge in [-0.15, -0.1) is 11.3 Å². The van der Waals surface area contributed by atoms with Gasteiger partial charge in [-0.2, -0.15) is 0 Å². The molecule has 0 radical (unpaired) electrons. The number of nitrogens with one attached hydrogen (secondary N) is 2. The molecule has 0 fully saturated rings. The molecule has 3 aromatic rings. The first kappa shape index (κ1) is 16.3. The number of carbonyl (C=O) groups is 2. The monoisotopic (exact) mass is 368 g/mol. The Hall–Kier alpha value is -3.13. The van der Waals surface area contributed by atoms with E-state index in [0.29, 0.717) is 29.5 Å². The number of para-hydroxylation sites is 1. The minimum atomic E-state index is -0.530. The maximum atomic E-state index is 12.5. The minimum Gasteiger partial charge on any atom is -0.492 e. The third kappa shape index (κ3) is 3.18. The molecule has 0 saturated heterocycles. The molecule has 1 aliphatic rings. The van der Waals surface area contributed by atoms with Crippen LogP contribution in [0.5, 0.6) is 5.75 Å². The molecule has 7 nitrogen and oxygen atoms in total. The number of fused-ring (bicyclic) bond motifs is 1. The summed E-state index contributed by atoms with van der Waals surface area (Å²) in [6.07, 6.45) is 2.30. The lowest BCUT2D eigenvalue weighted by Crippen LogP contribution is -2.32. The number of hydrogen-bond acceptors (Lipinski definition) is 5. The van der Waals surface area contributed by atoms with E-state index in [1.165, 1.54) is 11.3 Å². The molecule has 2 amide bonds. The van der Waals surface area contributed by atoms with Crippen LogP contribution in [0.25, 0.3) is 11.3 Å². The van der Waals surface area contributed by atoms with Gasteiger partial charge in [0.2, 0.25) is 5.91 Å². The number of aromatic nitrogens is 2. The van der Waals surface area contributed by atoms with Crippen LogP contribution in [-0.4, -0.2) is 28.4 Å². The molecule has 8 heteroatoms. The highest BCUT2D eigenvalue weighted by Crippen LogP contribution is 2.29. The van der Waals surface area contributed by atoms with Gasteiger partial charge in [0.05, 0.1) is 11.6 Å². The molecule has 0 spiro atoms. The summed E-state index contributed by atoms with van der Waals surface area (Å²) >= 11 is 1.33. The number of H-pyrrole nitrogens is 1. The van der Waals surface area contributed by atoms with Crippen molar-refractivity contribution < 1.29 is 14.3 Å². The number of aromatic amines is 1. The Morgan fingerprint density at radius 3 is 3.00 bits per heavy atom. The molecule has 3 heterocycles. The fraction of sp³-hybridized carbons (Fsp3) is 0.167. The van der Waals surface area contributed by atoms with Crippen LogP contribution < -0.4 is 15.8 Å². The highest BCUT2D eigenvalue weighted by Gasteiger charge is 2.26. The summed E-state index contributed by atoms with van der Waals surface area (Å²) in [5.74, 6) is -0.0679. The van der Waals surface area contributed by atoms with Crippen LogP contribution in [-0.2, 0) is 11.2 Å². The third-order valence-electron chi connectivity index (χ3n) is 4.23. The van der Waals surface area contributed by atoms with Crippen molar-refractivity contribution >= 4 is 28.3 Å². The van der Waals surface area contributed by atoms with E-state index in [1.54, 1.807) is 12.3 Å². The van der Waals surface area contributed by atoms with Crippen molar-refractivity contribution in [1.29, 1.82) is 0 Å². The number of rotatable bonds is 4. The second kappa shape index (κ2) is 6.64. The van der Waals surface area contributed by atoms with Crippen molar-refractivity contribution in [1.82, 2.24) is 9.97 Å². The zero-order valence-corrected chi connectivity index (χ0v) is 14.5. The van der Waals surface area contributed by atoms with Gasteiger partial charge < -0.3 is 20.8 Å². The average Bonchev–Trinajstić information content (AvgIpc) is 3.30. The maximum absolute atomic E-state index is 12.5. The lowest BCUT2D eigenvalue weighted by atomic mass is 9.96. The Labute approximate surface area is 153 Å². The molecular formula is C18H16N4O3S. The van der Waals surface area contributed by atoms with Gasteiger partial charge in [0.15, 0.2) is 5.13 Å². The SMILES string of the molecule is NC(=O)c1cc(-c2csc(NC(=O)[C@H]3COc4ccccc4C3)n2)c[nH]1. The van der Waals surface area contributed by atoms with Crippen LogP contribution in [0, 0.1) is 5.92 Å². The number of thiazole rings is 1. The number of nitrogens with two attached hydrogens (primary N) is 1. The summed E-state index contributed by atoms with van der Waals surface area (Å²) in [5.41, 5.74) is 7.99. The minimum absolute atomic E-state index is 0.118. The number of anilines is 1. The predicted octanol–water partition coefficient (Wildman–Crippen LogP) is 2.43. The van der Waals surface area contributed by atoms with Gasteiger partial charge in [-0.25, -0.2) is 4.98 Å². The molecule has 2 aromatic heterocycles. The Bertz CT molecular complexity index is 978. The first-order chi connectivity index (χ1) is 12.6. The van der Waals surface area contributed by atoms with Crippen LogP contribution in [0.4, 0.5) is 5.13 Å². The molecule has 0 aliphatic carbocycles. The predicted molar refractivity (Wildman–Crippen MR) is 98.2 cm³/mol. The number of carbonyl (C=O) groups excluding carboxylic acids is 2. The Balaban J connectivity index is 1.44. The molecule has 132 valence electrons. The smallest absolute Gasteiger partial charge is 0.265 e. The highest BCUT2D eigenvalue weighted by molar-refractivity contribution is 7.14. The van der Waals surface area contributed by atoms with E-state index in [9.17, 15) is 9.59 Å². The normalized spacial score (nSPS) is 15.8. The highest BCUT2D eigenvalue weighted by atomic mass is 32.1.